The number of carbonyl (C=O) groups excluding carboxylic acids is 1. The maximum absolute atomic E-state index is 9.36. The van der Waals surface area contributed by atoms with E-state index in [4.69, 9.17) is 0 Å². The summed E-state index contributed by atoms with van der Waals surface area (Å²) in [5, 5.41) is 0. The van der Waals surface area contributed by atoms with Gasteiger partial charge in [-0.25, -0.2) is 4.79 Å². The third-order valence-electron chi connectivity index (χ3n) is 1.08. The highest BCUT2D eigenvalue weighted by molar-refractivity contribution is 5.38. The van der Waals surface area contributed by atoms with Gasteiger partial charge in [0, 0.05) is 0 Å². The summed E-state index contributed by atoms with van der Waals surface area (Å²) in [7, 11) is 0. The lowest BCUT2D eigenvalue weighted by atomic mass is 10.2. The van der Waals surface area contributed by atoms with Crippen LogP contribution in [0.2, 0.25) is 0 Å². The third-order valence-corrected chi connectivity index (χ3v) is 1.08. The Morgan fingerprint density at radius 1 is 1.31 bits per heavy atom. The number of benzene rings is 1. The topological polar surface area (TPSA) is 26.3 Å². The Bertz CT molecular complexity index is 168. The molecule has 0 amide bonds. The quantitative estimate of drug-likeness (QED) is 0.709. The van der Waals surface area contributed by atoms with Gasteiger partial charge >= 0.3 is 6.47 Å². The lowest BCUT2D eigenvalue weighted by Crippen LogP contribution is -1.98. The zero-order valence-corrected chi connectivity index (χ0v) is 7.99. The molecule has 70 valence electrons. The van der Waals surface area contributed by atoms with Crippen LogP contribution < -0.4 is 0 Å². The highest BCUT2D eigenvalue weighted by Gasteiger charge is 1.89. The predicted molar refractivity (Wildman–Crippen MR) is 51.8 cm³/mol. The molecule has 0 bridgehead atoms. The van der Waals surface area contributed by atoms with Crippen LogP contribution in [0.5, 0.6) is 0 Å². The Balaban J connectivity index is 0.000000223. The van der Waals surface area contributed by atoms with Crippen molar-refractivity contribution < 1.29 is 9.53 Å². The van der Waals surface area contributed by atoms with Crippen LogP contribution in [0.15, 0.2) is 30.3 Å². The van der Waals surface area contributed by atoms with Gasteiger partial charge < -0.3 is 4.74 Å². The van der Waals surface area contributed by atoms with Crippen LogP contribution in [0.1, 0.15) is 13.8 Å². The van der Waals surface area contributed by atoms with E-state index in [0.29, 0.717) is 12.5 Å². The van der Waals surface area contributed by atoms with Crippen LogP contribution in [0.3, 0.4) is 0 Å². The summed E-state index contributed by atoms with van der Waals surface area (Å²) < 4.78 is 4.29. The molecule has 0 aliphatic carbocycles. The molecule has 0 atom stereocenters. The molecule has 0 aromatic heterocycles. The summed E-state index contributed by atoms with van der Waals surface area (Å²) in [6.07, 6.45) is 0. The number of rotatable bonds is 3. The van der Waals surface area contributed by atoms with E-state index in [1.807, 2.05) is 44.2 Å². The third kappa shape index (κ3) is 10.7. The summed E-state index contributed by atoms with van der Waals surface area (Å²) in [6.45, 7) is 5.76. The highest BCUT2D eigenvalue weighted by atomic mass is 16.5. The smallest absolute Gasteiger partial charge is 0.417 e. The zero-order valence-electron chi connectivity index (χ0n) is 7.99. The Labute approximate surface area is 79.5 Å². The first-order chi connectivity index (χ1) is 6.27. The first-order valence-corrected chi connectivity index (χ1v) is 4.17. The van der Waals surface area contributed by atoms with Crippen LogP contribution in [-0.2, 0) is 9.53 Å². The van der Waals surface area contributed by atoms with Gasteiger partial charge in [0.1, 0.15) is 0 Å². The van der Waals surface area contributed by atoms with Gasteiger partial charge in [0.05, 0.1) is 6.61 Å². The van der Waals surface area contributed by atoms with Gasteiger partial charge in [0.15, 0.2) is 0 Å². The Hall–Kier alpha value is -1.31. The van der Waals surface area contributed by atoms with Crippen LogP contribution in [0, 0.1) is 12.0 Å². The van der Waals surface area contributed by atoms with Crippen molar-refractivity contribution >= 4 is 6.47 Å². The molecule has 1 rings (SSSR count). The molecule has 1 aromatic rings. The molecule has 0 heterocycles. The molecule has 13 heavy (non-hydrogen) atoms. The molecule has 0 saturated carbocycles. The lowest BCUT2D eigenvalue weighted by molar-refractivity contribution is 0.240. The molecule has 0 N–H and O–H groups in total. The van der Waals surface area contributed by atoms with Crippen molar-refractivity contribution in [1.29, 1.82) is 0 Å². The van der Waals surface area contributed by atoms with Crippen molar-refractivity contribution in [2.45, 2.75) is 13.8 Å². The van der Waals surface area contributed by atoms with Crippen LogP contribution in [0.25, 0.3) is 0 Å². The molecule has 2 heteroatoms. The summed E-state index contributed by atoms with van der Waals surface area (Å²) in [5.41, 5.74) is 0. The fourth-order valence-electron chi connectivity index (χ4n) is 0.543. The van der Waals surface area contributed by atoms with E-state index < -0.39 is 0 Å². The van der Waals surface area contributed by atoms with Crippen molar-refractivity contribution in [3.8, 4) is 0 Å². The van der Waals surface area contributed by atoms with E-state index in [2.05, 4.69) is 10.8 Å². The molecule has 1 aromatic carbocycles. The Morgan fingerprint density at radius 3 is 2.08 bits per heavy atom. The van der Waals surface area contributed by atoms with Crippen LogP contribution in [0.4, 0.5) is 0 Å². The average molecular weight is 178 g/mol. The van der Waals surface area contributed by atoms with E-state index in [-0.39, 0.29) is 0 Å². The summed E-state index contributed by atoms with van der Waals surface area (Å²) in [5.74, 6) is 0.418. The second kappa shape index (κ2) is 8.78. The van der Waals surface area contributed by atoms with Gasteiger partial charge in [0.2, 0.25) is 0 Å². The van der Waals surface area contributed by atoms with Gasteiger partial charge in [-0.2, -0.15) is 0 Å². The van der Waals surface area contributed by atoms with E-state index in [0.717, 1.165) is 0 Å². The first kappa shape index (κ1) is 11.7. The van der Waals surface area contributed by atoms with E-state index in [1.165, 1.54) is 6.47 Å². The normalized spacial score (nSPS) is 8.54. The zero-order chi connectivity index (χ0) is 9.94. The first-order valence-electron chi connectivity index (χ1n) is 4.17. The molecular weight excluding hydrogens is 164 g/mol. The summed E-state index contributed by atoms with van der Waals surface area (Å²) in [4.78, 5) is 9.36. The fraction of sp³-hybridized carbons (Fsp3) is 0.364. The van der Waals surface area contributed by atoms with Crippen molar-refractivity contribution in [3.63, 3.8) is 0 Å². The average Bonchev–Trinajstić information content (AvgIpc) is 2.18. The Kier molecular flexibility index (Phi) is 7.90. The van der Waals surface area contributed by atoms with Crippen molar-refractivity contribution in [2.24, 2.45) is 5.92 Å². The number of hydrogen-bond acceptors (Lipinski definition) is 2. The van der Waals surface area contributed by atoms with Gasteiger partial charge in [0.25, 0.3) is 0 Å². The van der Waals surface area contributed by atoms with Crippen molar-refractivity contribution in [2.75, 3.05) is 6.61 Å². The lowest BCUT2D eigenvalue weighted by Gasteiger charge is -1.97. The Morgan fingerprint density at radius 2 is 1.92 bits per heavy atom. The van der Waals surface area contributed by atoms with E-state index >= 15 is 0 Å². The molecule has 2 radical (unpaired) electrons. The monoisotopic (exact) mass is 178 g/mol. The maximum Gasteiger partial charge on any atom is 0.417 e. The second-order valence-corrected chi connectivity index (χ2v) is 2.87. The minimum absolute atomic E-state index is 0.418. The molecule has 0 fully saturated rings. The number of ether oxygens (including phenoxy) is 1. The molecular formula is C11H14O2. The molecule has 0 saturated heterocycles. The molecule has 2 nitrogen and oxygen atoms in total. The van der Waals surface area contributed by atoms with E-state index in [9.17, 15) is 4.79 Å². The molecule has 0 aliphatic heterocycles. The summed E-state index contributed by atoms with van der Waals surface area (Å²) >= 11 is 0. The van der Waals surface area contributed by atoms with Crippen molar-refractivity contribution in [3.05, 3.63) is 36.4 Å². The highest BCUT2D eigenvalue weighted by Crippen LogP contribution is 1.88. The molecule has 0 spiro atoms. The molecule has 0 unspecified atom stereocenters. The SMILES string of the molecule is CC(C)CO[C]=O.[c]1ccccc1. The number of hydrogen-bond donors (Lipinski definition) is 0. The minimum Gasteiger partial charge on any atom is -0.457 e. The summed E-state index contributed by atoms with van der Waals surface area (Å²) in [6, 6.07) is 12.5. The van der Waals surface area contributed by atoms with Crippen LogP contribution >= 0.6 is 0 Å². The predicted octanol–water partition coefficient (Wildman–Crippen LogP) is 2.21. The van der Waals surface area contributed by atoms with Gasteiger partial charge in [-0.15, -0.1) is 0 Å². The maximum atomic E-state index is 9.36. The molecule has 0 aliphatic rings. The second-order valence-electron chi connectivity index (χ2n) is 2.87. The van der Waals surface area contributed by atoms with Gasteiger partial charge in [-0.1, -0.05) is 44.2 Å². The minimum atomic E-state index is 0.418. The standard InChI is InChI=1S/C6H5.C5H9O2/c1-2-4-6-5-3-1;1-5(2)3-7-4-6/h1-5H;5H,3H2,1-2H3. The van der Waals surface area contributed by atoms with Gasteiger partial charge in [-0.05, 0) is 12.0 Å². The fourth-order valence-corrected chi connectivity index (χ4v) is 0.543. The van der Waals surface area contributed by atoms with E-state index in [1.54, 1.807) is 0 Å². The van der Waals surface area contributed by atoms with Gasteiger partial charge in [-0.3, -0.25) is 0 Å². The van der Waals surface area contributed by atoms with Crippen molar-refractivity contribution in [1.82, 2.24) is 0 Å². The van der Waals surface area contributed by atoms with Crippen LogP contribution in [-0.4, -0.2) is 13.1 Å². The largest absolute Gasteiger partial charge is 0.457 e.